The zero-order chi connectivity index (χ0) is 22.0. The van der Waals surface area contributed by atoms with E-state index in [1.165, 1.54) is 16.8 Å². The minimum absolute atomic E-state index is 0.0969. The van der Waals surface area contributed by atoms with Crippen LogP contribution >= 0.6 is 12.6 Å². The molecule has 2 aromatic rings. The van der Waals surface area contributed by atoms with Crippen LogP contribution in [0.3, 0.4) is 0 Å². The molecule has 2 aliphatic heterocycles. The molecule has 4 unspecified atom stereocenters. The van der Waals surface area contributed by atoms with Gasteiger partial charge in [-0.2, -0.15) is 17.7 Å². The van der Waals surface area contributed by atoms with Gasteiger partial charge in [-0.15, -0.1) is 0 Å². The van der Waals surface area contributed by atoms with E-state index in [9.17, 15) is 9.90 Å². The Morgan fingerprint density at radius 2 is 2.00 bits per heavy atom. The molecule has 8 heteroatoms. The fourth-order valence-electron chi connectivity index (χ4n) is 5.02. The Hall–Kier alpha value is -2.58. The fraction of sp³-hybridized carbons (Fsp3) is 0.435. The van der Waals surface area contributed by atoms with E-state index >= 15 is 0 Å². The first kappa shape index (κ1) is 21.6. The van der Waals surface area contributed by atoms with Crippen LogP contribution in [0.1, 0.15) is 35.6 Å². The van der Waals surface area contributed by atoms with Gasteiger partial charge < -0.3 is 10.4 Å². The normalized spacial score (nSPS) is 26.9. The SMILES string of the molecule is Cc1cccc(C)c1[N+]1(CCCNc2cccc(C3N=NNC3S)c2)CCC1C(=O)O. The molecular weight excluding hydrogens is 410 g/mol. The number of nitrogens with zero attached hydrogens (tertiary/aromatic N) is 3. The molecule has 1 saturated heterocycles. The number of hydrogen-bond donors (Lipinski definition) is 4. The lowest BCUT2D eigenvalue weighted by Crippen LogP contribution is -2.70. The van der Waals surface area contributed by atoms with Crippen LogP contribution in [0.25, 0.3) is 0 Å². The maximum atomic E-state index is 12.0. The van der Waals surface area contributed by atoms with E-state index in [-0.39, 0.29) is 17.5 Å². The zero-order valence-electron chi connectivity index (χ0n) is 18.0. The van der Waals surface area contributed by atoms with Crippen molar-refractivity contribution >= 4 is 30.0 Å². The standard InChI is InChI=1S/C23H29N5O2S/c1-15-6-3-7-16(2)21(15)28(13-10-19(28)23(29)30)12-5-11-24-18-9-4-8-17(14-18)20-22(31)26-27-25-20/h3-4,6-9,14,19-20,22,24H,5,10-13H2,1-2H3,(H2-,25,26,29,30,31)/p+1. The molecule has 0 aromatic heterocycles. The van der Waals surface area contributed by atoms with Gasteiger partial charge in [0.15, 0.2) is 6.04 Å². The van der Waals surface area contributed by atoms with Crippen LogP contribution in [0.2, 0.25) is 0 Å². The summed E-state index contributed by atoms with van der Waals surface area (Å²) in [4.78, 5) is 12.0. The first-order valence-electron chi connectivity index (χ1n) is 10.8. The lowest BCUT2D eigenvalue weighted by molar-refractivity contribution is -0.147. The van der Waals surface area contributed by atoms with Crippen LogP contribution in [0.5, 0.6) is 0 Å². The number of likely N-dealkylation sites (tertiary alicyclic amines) is 1. The van der Waals surface area contributed by atoms with Crippen molar-refractivity contribution in [2.24, 2.45) is 10.3 Å². The van der Waals surface area contributed by atoms with Gasteiger partial charge in [-0.05, 0) is 31.5 Å². The van der Waals surface area contributed by atoms with Crippen molar-refractivity contribution in [2.45, 2.75) is 44.1 Å². The van der Waals surface area contributed by atoms with E-state index in [0.717, 1.165) is 43.7 Å². The Morgan fingerprint density at radius 1 is 1.26 bits per heavy atom. The van der Waals surface area contributed by atoms with Crippen LogP contribution in [0, 0.1) is 13.8 Å². The predicted octanol–water partition coefficient (Wildman–Crippen LogP) is 4.24. The summed E-state index contributed by atoms with van der Waals surface area (Å²) in [5, 5.41) is 21.3. The second-order valence-electron chi connectivity index (χ2n) is 8.50. The molecule has 0 amide bonds. The third-order valence-corrected chi connectivity index (χ3v) is 6.93. The number of carboxylic acids is 1. The van der Waals surface area contributed by atoms with Crippen LogP contribution < -0.4 is 15.2 Å². The van der Waals surface area contributed by atoms with Gasteiger partial charge in [0.05, 0.1) is 19.5 Å². The summed E-state index contributed by atoms with van der Waals surface area (Å²) >= 11 is 4.47. The molecular formula is C23H30N5O2S+. The molecule has 3 N–H and O–H groups in total. The summed E-state index contributed by atoms with van der Waals surface area (Å²) in [6.07, 6.45) is 1.61. The minimum Gasteiger partial charge on any atom is -0.477 e. The quantitative estimate of drug-likeness (QED) is 0.281. The molecule has 164 valence electrons. The van der Waals surface area contributed by atoms with Crippen LogP contribution in [0.4, 0.5) is 11.4 Å². The Balaban J connectivity index is 1.44. The highest BCUT2D eigenvalue weighted by molar-refractivity contribution is 7.80. The number of para-hydroxylation sites is 1. The number of nitrogens with one attached hydrogen (secondary N) is 2. The summed E-state index contributed by atoms with van der Waals surface area (Å²) in [7, 11) is 0. The Bertz CT molecular complexity index is 977. The van der Waals surface area contributed by atoms with E-state index in [0.29, 0.717) is 4.48 Å². The Labute approximate surface area is 188 Å². The largest absolute Gasteiger partial charge is 0.477 e. The first-order chi connectivity index (χ1) is 14.9. The lowest BCUT2D eigenvalue weighted by Gasteiger charge is -2.51. The molecule has 0 aliphatic carbocycles. The van der Waals surface area contributed by atoms with Crippen molar-refractivity contribution in [1.29, 1.82) is 0 Å². The van der Waals surface area contributed by atoms with Gasteiger partial charge in [0.2, 0.25) is 0 Å². The number of carboxylic acid groups (broad SMARTS) is 1. The van der Waals surface area contributed by atoms with Gasteiger partial charge in [0, 0.05) is 29.8 Å². The number of anilines is 1. The van der Waals surface area contributed by atoms with E-state index in [1.807, 2.05) is 24.3 Å². The zero-order valence-corrected chi connectivity index (χ0v) is 18.8. The summed E-state index contributed by atoms with van der Waals surface area (Å²) in [5.41, 5.74) is 8.48. The number of carbonyl (C=O) groups is 1. The highest BCUT2D eigenvalue weighted by Crippen LogP contribution is 2.41. The Morgan fingerprint density at radius 3 is 2.61 bits per heavy atom. The monoisotopic (exact) mass is 440 g/mol. The van der Waals surface area contributed by atoms with Gasteiger partial charge in [0.1, 0.15) is 17.1 Å². The van der Waals surface area contributed by atoms with Gasteiger partial charge in [-0.25, -0.2) is 4.79 Å². The number of quaternary nitrogens is 1. The topological polar surface area (TPSA) is 86.1 Å². The summed E-state index contributed by atoms with van der Waals surface area (Å²) in [6.45, 7) is 6.63. The predicted molar refractivity (Wildman–Crippen MR) is 127 cm³/mol. The molecule has 2 heterocycles. The summed E-state index contributed by atoms with van der Waals surface area (Å²) in [5.74, 6) is -0.699. The molecule has 4 atom stereocenters. The Kier molecular flexibility index (Phi) is 6.20. The van der Waals surface area contributed by atoms with Gasteiger partial charge in [-0.3, -0.25) is 9.91 Å². The highest BCUT2D eigenvalue weighted by Gasteiger charge is 2.53. The molecule has 2 aromatic carbocycles. The second kappa shape index (κ2) is 8.88. The summed E-state index contributed by atoms with van der Waals surface area (Å²) < 4.78 is 0.547. The number of aliphatic carboxylic acids is 1. The molecule has 0 radical (unpaired) electrons. The van der Waals surface area contributed by atoms with E-state index in [2.05, 4.69) is 65.8 Å². The van der Waals surface area contributed by atoms with Gasteiger partial charge in [0.25, 0.3) is 0 Å². The molecule has 2 aliphatic rings. The van der Waals surface area contributed by atoms with Gasteiger partial charge in [-0.1, -0.05) is 35.6 Å². The van der Waals surface area contributed by atoms with E-state index in [1.54, 1.807) is 0 Å². The molecule has 7 nitrogen and oxygen atoms in total. The van der Waals surface area contributed by atoms with Crippen molar-refractivity contribution in [3.05, 3.63) is 59.2 Å². The molecule has 31 heavy (non-hydrogen) atoms. The van der Waals surface area contributed by atoms with Crippen molar-refractivity contribution < 1.29 is 9.90 Å². The lowest BCUT2D eigenvalue weighted by atomic mass is 9.91. The van der Waals surface area contributed by atoms with Crippen LogP contribution in [-0.2, 0) is 4.79 Å². The van der Waals surface area contributed by atoms with Crippen molar-refractivity contribution in [1.82, 2.24) is 9.91 Å². The number of thiol groups is 1. The maximum Gasteiger partial charge on any atom is 0.363 e. The van der Waals surface area contributed by atoms with Crippen molar-refractivity contribution in [3.8, 4) is 0 Å². The van der Waals surface area contributed by atoms with Crippen molar-refractivity contribution in [2.75, 3.05) is 25.0 Å². The smallest absolute Gasteiger partial charge is 0.363 e. The average molecular weight is 441 g/mol. The molecule has 4 rings (SSSR count). The number of benzene rings is 2. The van der Waals surface area contributed by atoms with E-state index in [4.69, 9.17) is 0 Å². The third kappa shape index (κ3) is 4.14. The van der Waals surface area contributed by atoms with Crippen LogP contribution in [0.15, 0.2) is 52.8 Å². The number of aryl methyl sites for hydroxylation is 2. The number of hydrogen-bond acceptors (Lipinski definition) is 6. The highest BCUT2D eigenvalue weighted by atomic mass is 32.1. The third-order valence-electron chi connectivity index (χ3n) is 6.53. The fourth-order valence-corrected chi connectivity index (χ4v) is 5.31. The van der Waals surface area contributed by atoms with Crippen LogP contribution in [-0.4, -0.2) is 42.1 Å². The molecule has 1 fully saturated rings. The number of rotatable bonds is 8. The molecule has 0 saturated carbocycles. The molecule has 0 spiro atoms. The van der Waals surface area contributed by atoms with E-state index < -0.39 is 5.97 Å². The van der Waals surface area contributed by atoms with Gasteiger partial charge >= 0.3 is 5.97 Å². The summed E-state index contributed by atoms with van der Waals surface area (Å²) in [6, 6.07) is 13.9. The maximum absolute atomic E-state index is 12.0. The second-order valence-corrected chi connectivity index (χ2v) is 9.06. The van der Waals surface area contributed by atoms with Crippen molar-refractivity contribution in [3.63, 3.8) is 0 Å². The average Bonchev–Trinajstić information content (AvgIpc) is 3.14. The minimum atomic E-state index is -0.699. The first-order valence-corrected chi connectivity index (χ1v) is 11.3. The molecule has 0 bridgehead atoms.